The minimum atomic E-state index is -0.766. The highest BCUT2D eigenvalue weighted by molar-refractivity contribution is 9.10. The topological polar surface area (TPSA) is 93.3 Å². The normalized spacial score (nSPS) is 14.1. The van der Waals surface area contributed by atoms with Gasteiger partial charge in [-0.2, -0.15) is 0 Å². The number of ether oxygens (including phenoxy) is 4. The summed E-state index contributed by atoms with van der Waals surface area (Å²) in [4.78, 5) is 32.1. The zero-order valence-corrected chi connectivity index (χ0v) is 30.3. The van der Waals surface area contributed by atoms with E-state index in [0.717, 1.165) is 38.4 Å². The van der Waals surface area contributed by atoms with Gasteiger partial charge in [-0.05, 0) is 105 Å². The lowest BCUT2D eigenvalue weighted by Crippen LogP contribution is -2.39. The molecule has 1 atom stereocenters. The molecule has 9 nitrogen and oxygen atoms in total. The number of halogens is 1. The van der Waals surface area contributed by atoms with Gasteiger partial charge in [0.05, 0.1) is 36.5 Å². The van der Waals surface area contributed by atoms with Crippen LogP contribution in [0.25, 0.3) is 11.8 Å². The molecule has 0 amide bonds. The first kappa shape index (κ1) is 34.0. The van der Waals surface area contributed by atoms with E-state index in [2.05, 4.69) is 31.6 Å². The van der Waals surface area contributed by atoms with Gasteiger partial charge in [-0.15, -0.1) is 0 Å². The van der Waals surface area contributed by atoms with Crippen molar-refractivity contribution in [2.45, 2.75) is 40.3 Å². The molecule has 5 aromatic rings. The Labute approximate surface area is 296 Å². The number of carbonyl (C=O) groups excluding carboxylic acids is 1. The Balaban J connectivity index is 1.34. The van der Waals surface area contributed by atoms with Gasteiger partial charge in [0.1, 0.15) is 12.4 Å². The smallest absolute Gasteiger partial charge is 0.337 e. The van der Waals surface area contributed by atoms with E-state index < -0.39 is 12.0 Å². The molecule has 1 aliphatic rings. The summed E-state index contributed by atoms with van der Waals surface area (Å²) in [6, 6.07) is 22.8. The number of esters is 1. The standard InChI is InChI=1S/C38H36BrN3O6S/c1-6-46-32-17-10-26(19-33(32)47-7-2)35-31(37(44)45-5)21-40-38-42(35)36(43)34(49-38)20-27-18-23(3)41(24(27)4)29-13-15-30(16-14-29)48-22-25-8-11-28(39)12-9-25/h8-21,35H,6-7,22H2,1-5H3/b34-20+/t35-/m1/s1. The summed E-state index contributed by atoms with van der Waals surface area (Å²) in [6.45, 7) is 9.22. The number of rotatable bonds is 11. The number of thiazole rings is 1. The third kappa shape index (κ3) is 7.00. The Hall–Kier alpha value is -4.87. The first-order chi connectivity index (χ1) is 23.7. The predicted molar refractivity (Wildman–Crippen MR) is 194 cm³/mol. The molecule has 0 fully saturated rings. The number of carbonyl (C=O) groups is 1. The van der Waals surface area contributed by atoms with Crippen LogP contribution in [0, 0.1) is 13.8 Å². The van der Waals surface area contributed by atoms with Crippen LogP contribution in [0.2, 0.25) is 0 Å². The maximum atomic E-state index is 14.2. The number of fused-ring (bicyclic) bond motifs is 1. The second kappa shape index (κ2) is 14.7. The van der Waals surface area contributed by atoms with Gasteiger partial charge in [0.2, 0.25) is 0 Å². The van der Waals surface area contributed by atoms with E-state index in [-0.39, 0.29) is 11.1 Å². The van der Waals surface area contributed by atoms with Crippen molar-refractivity contribution in [1.29, 1.82) is 0 Å². The van der Waals surface area contributed by atoms with E-state index in [1.54, 1.807) is 10.6 Å². The summed E-state index contributed by atoms with van der Waals surface area (Å²) in [6.07, 6.45) is 3.38. The fourth-order valence-corrected chi connectivity index (χ4v) is 7.12. The number of aromatic nitrogens is 2. The minimum Gasteiger partial charge on any atom is -0.490 e. The third-order valence-corrected chi connectivity index (χ3v) is 9.70. The van der Waals surface area contributed by atoms with E-state index in [0.29, 0.717) is 46.2 Å². The largest absolute Gasteiger partial charge is 0.490 e. The van der Waals surface area contributed by atoms with Crippen LogP contribution in [0.15, 0.2) is 98.8 Å². The van der Waals surface area contributed by atoms with Crippen LogP contribution in [0.4, 0.5) is 0 Å². The molecule has 2 aromatic heterocycles. The molecule has 1 aliphatic heterocycles. The van der Waals surface area contributed by atoms with Crippen LogP contribution < -0.4 is 29.1 Å². The van der Waals surface area contributed by atoms with Gasteiger partial charge < -0.3 is 23.5 Å². The van der Waals surface area contributed by atoms with Crippen molar-refractivity contribution in [3.63, 3.8) is 0 Å². The quantitative estimate of drug-likeness (QED) is 0.142. The summed E-state index contributed by atoms with van der Waals surface area (Å²) >= 11 is 4.74. The van der Waals surface area contributed by atoms with Gasteiger partial charge in [0, 0.05) is 27.7 Å². The monoisotopic (exact) mass is 741 g/mol. The van der Waals surface area contributed by atoms with E-state index in [4.69, 9.17) is 18.9 Å². The highest BCUT2D eigenvalue weighted by Gasteiger charge is 2.31. The maximum Gasteiger partial charge on any atom is 0.337 e. The van der Waals surface area contributed by atoms with Gasteiger partial charge in [0.25, 0.3) is 5.56 Å². The van der Waals surface area contributed by atoms with Crippen molar-refractivity contribution in [1.82, 2.24) is 9.13 Å². The van der Waals surface area contributed by atoms with E-state index in [1.807, 2.05) is 94.4 Å². The van der Waals surface area contributed by atoms with Gasteiger partial charge in [0.15, 0.2) is 16.3 Å². The van der Waals surface area contributed by atoms with Crippen molar-refractivity contribution in [2.75, 3.05) is 20.3 Å². The Morgan fingerprint density at radius 3 is 2.35 bits per heavy atom. The molecule has 3 heterocycles. The van der Waals surface area contributed by atoms with Gasteiger partial charge in [-0.25, -0.2) is 9.79 Å². The predicted octanol–water partition coefficient (Wildman–Crippen LogP) is 6.56. The van der Waals surface area contributed by atoms with Crippen LogP contribution in [-0.4, -0.2) is 35.4 Å². The molecular weight excluding hydrogens is 706 g/mol. The van der Waals surface area contributed by atoms with Gasteiger partial charge in [-0.3, -0.25) is 9.36 Å². The van der Waals surface area contributed by atoms with Crippen LogP contribution >= 0.6 is 27.3 Å². The second-order valence-electron chi connectivity index (χ2n) is 11.3. The Kier molecular flexibility index (Phi) is 10.2. The Morgan fingerprint density at radius 2 is 1.65 bits per heavy atom. The summed E-state index contributed by atoms with van der Waals surface area (Å²) < 4.78 is 28.0. The zero-order chi connectivity index (χ0) is 34.7. The molecule has 0 aliphatic carbocycles. The molecule has 0 spiro atoms. The summed E-state index contributed by atoms with van der Waals surface area (Å²) in [7, 11) is 1.31. The highest BCUT2D eigenvalue weighted by atomic mass is 79.9. The molecule has 3 aromatic carbocycles. The highest BCUT2D eigenvalue weighted by Crippen LogP contribution is 2.35. The average Bonchev–Trinajstić information content (AvgIpc) is 3.58. The molecule has 0 unspecified atom stereocenters. The lowest BCUT2D eigenvalue weighted by atomic mass is 9.97. The fraction of sp³-hybridized carbons (Fsp3) is 0.237. The van der Waals surface area contributed by atoms with Crippen LogP contribution in [0.1, 0.15) is 48.0 Å². The van der Waals surface area contributed by atoms with Crippen LogP contribution in [-0.2, 0) is 16.1 Å². The SMILES string of the molecule is CCOc1ccc([C@@H]2C(C(=O)OC)=CN=c3s/c(=C/c4cc(C)n(-c5ccc(OCc6ccc(Br)cc6)cc5)c4C)c(=O)n32)cc1OCC. The zero-order valence-electron chi connectivity index (χ0n) is 27.9. The fourth-order valence-electron chi connectivity index (χ4n) is 5.90. The average molecular weight is 743 g/mol. The summed E-state index contributed by atoms with van der Waals surface area (Å²) in [5, 5.41) is 0. The molecule has 0 saturated carbocycles. The summed E-state index contributed by atoms with van der Waals surface area (Å²) in [5.41, 5.74) is 5.63. The first-order valence-electron chi connectivity index (χ1n) is 15.9. The van der Waals surface area contributed by atoms with Crippen LogP contribution in [0.5, 0.6) is 17.2 Å². The van der Waals surface area contributed by atoms with Crippen molar-refractivity contribution < 1.29 is 23.7 Å². The van der Waals surface area contributed by atoms with Crippen LogP contribution in [0.3, 0.4) is 0 Å². The Bertz CT molecular complexity index is 2220. The van der Waals surface area contributed by atoms with Crippen molar-refractivity contribution in [3.8, 4) is 22.9 Å². The third-order valence-electron chi connectivity index (χ3n) is 8.18. The molecule has 6 rings (SSSR count). The molecule has 252 valence electrons. The number of hydrogen-bond acceptors (Lipinski definition) is 8. The first-order valence-corrected chi connectivity index (χ1v) is 17.5. The molecule has 0 bridgehead atoms. The molecule has 11 heteroatoms. The number of methoxy groups -OCH3 is 1. The van der Waals surface area contributed by atoms with Gasteiger partial charge in [-0.1, -0.05) is 45.5 Å². The number of nitrogens with zero attached hydrogens (tertiary/aromatic N) is 3. The number of benzene rings is 3. The number of hydrogen-bond donors (Lipinski definition) is 0. The molecule has 49 heavy (non-hydrogen) atoms. The molecule has 0 saturated heterocycles. The Morgan fingerprint density at radius 1 is 0.939 bits per heavy atom. The lowest BCUT2D eigenvalue weighted by Gasteiger charge is -2.23. The maximum absolute atomic E-state index is 14.2. The van der Waals surface area contributed by atoms with Crippen molar-refractivity contribution in [3.05, 3.63) is 137 Å². The van der Waals surface area contributed by atoms with E-state index in [9.17, 15) is 9.59 Å². The molecular formula is C38H36BrN3O6S. The number of aryl methyl sites for hydroxylation is 1. The molecule has 0 N–H and O–H groups in total. The summed E-state index contributed by atoms with van der Waals surface area (Å²) in [5.74, 6) is 1.32. The molecule has 0 radical (unpaired) electrons. The minimum absolute atomic E-state index is 0.246. The second-order valence-corrected chi connectivity index (χ2v) is 13.2. The van der Waals surface area contributed by atoms with E-state index >= 15 is 0 Å². The van der Waals surface area contributed by atoms with Crippen molar-refractivity contribution in [2.24, 2.45) is 4.99 Å². The van der Waals surface area contributed by atoms with E-state index in [1.165, 1.54) is 24.6 Å². The van der Waals surface area contributed by atoms with Crippen molar-refractivity contribution >= 4 is 39.3 Å². The van der Waals surface area contributed by atoms with Gasteiger partial charge >= 0.3 is 5.97 Å². The lowest BCUT2D eigenvalue weighted by molar-refractivity contribution is -0.136.